The Kier molecular flexibility index (Phi) is 4.29. The molecule has 1 aromatic heterocycles. The lowest BCUT2D eigenvalue weighted by atomic mass is 9.95. The van der Waals surface area contributed by atoms with E-state index in [9.17, 15) is 8.42 Å². The number of nitrogens with one attached hydrogen (secondary N) is 1. The quantitative estimate of drug-likeness (QED) is 0.841. The molecular formula is C10H18BrN5O2S. The molecule has 7 nitrogen and oxygen atoms in total. The van der Waals surface area contributed by atoms with E-state index >= 15 is 0 Å². The number of likely N-dealkylation sites (tertiary alicyclic amines) is 1. The van der Waals surface area contributed by atoms with Gasteiger partial charge in [-0.3, -0.25) is 0 Å². The zero-order valence-corrected chi connectivity index (χ0v) is 13.6. The average Bonchev–Trinajstić information content (AvgIpc) is 2.63. The van der Waals surface area contributed by atoms with E-state index in [1.54, 1.807) is 7.05 Å². The summed E-state index contributed by atoms with van der Waals surface area (Å²) in [6.45, 7) is 3.83. The fraction of sp³-hybridized carbons (Fsp3) is 0.800. The highest BCUT2D eigenvalue weighted by molar-refractivity contribution is 9.10. The number of hydrogen-bond acceptors (Lipinski definition) is 5. The van der Waals surface area contributed by atoms with Gasteiger partial charge in [-0.05, 0) is 41.9 Å². The fourth-order valence-corrected chi connectivity index (χ4v) is 4.87. The van der Waals surface area contributed by atoms with Crippen molar-refractivity contribution in [2.24, 2.45) is 13.0 Å². The van der Waals surface area contributed by atoms with Gasteiger partial charge in [-0.2, -0.15) is 0 Å². The van der Waals surface area contributed by atoms with Crippen LogP contribution in [0.2, 0.25) is 0 Å². The predicted molar refractivity (Wildman–Crippen MR) is 74.1 cm³/mol. The summed E-state index contributed by atoms with van der Waals surface area (Å²) in [7, 11) is -0.00133. The maximum Gasteiger partial charge on any atom is 0.260 e. The van der Waals surface area contributed by atoms with Gasteiger partial charge in [0.25, 0.3) is 10.0 Å². The van der Waals surface area contributed by atoms with Crippen molar-refractivity contribution >= 4 is 26.0 Å². The van der Waals surface area contributed by atoms with Gasteiger partial charge in [0.15, 0.2) is 4.60 Å². The maximum absolute atomic E-state index is 12.4. The molecule has 0 saturated carbocycles. The van der Waals surface area contributed by atoms with Crippen molar-refractivity contribution in [1.29, 1.82) is 0 Å². The smallest absolute Gasteiger partial charge is 0.260 e. The van der Waals surface area contributed by atoms with E-state index in [-0.39, 0.29) is 21.6 Å². The highest BCUT2D eigenvalue weighted by Gasteiger charge is 2.31. The summed E-state index contributed by atoms with van der Waals surface area (Å²) in [6, 6.07) is -0.0528. The van der Waals surface area contributed by atoms with Crippen molar-refractivity contribution in [1.82, 2.24) is 24.6 Å². The number of hydrogen-bond donors (Lipinski definition) is 1. The Balaban J connectivity index is 2.18. The molecule has 1 N–H and O–H groups in total. The summed E-state index contributed by atoms with van der Waals surface area (Å²) in [5.74, 6) is 0.272. The van der Waals surface area contributed by atoms with E-state index in [2.05, 4.69) is 42.8 Å². The van der Waals surface area contributed by atoms with Crippen molar-refractivity contribution in [3.63, 3.8) is 0 Å². The summed E-state index contributed by atoms with van der Waals surface area (Å²) < 4.78 is 29.0. The second-order valence-electron chi connectivity index (χ2n) is 5.06. The normalized spacial score (nSPS) is 25.7. The minimum absolute atomic E-state index is 0.0528. The molecule has 108 valence electrons. The van der Waals surface area contributed by atoms with Crippen molar-refractivity contribution in [2.45, 2.75) is 24.4 Å². The van der Waals surface area contributed by atoms with E-state index in [0.29, 0.717) is 0 Å². The summed E-state index contributed by atoms with van der Waals surface area (Å²) in [5.41, 5.74) is 0. The largest absolute Gasteiger partial charge is 0.306 e. The molecule has 0 radical (unpaired) electrons. The Labute approximate surface area is 121 Å². The fourth-order valence-electron chi connectivity index (χ4n) is 2.39. The standard InChI is InChI=1S/C10H18BrN5O2S/c1-7-6-15(2)5-4-8(7)13-19(17,18)10-9(11)12-14-16(10)3/h7-8,13H,4-6H2,1-3H3. The van der Waals surface area contributed by atoms with E-state index < -0.39 is 10.0 Å². The van der Waals surface area contributed by atoms with Crippen LogP contribution in [0.3, 0.4) is 0 Å². The van der Waals surface area contributed by atoms with Crippen LogP contribution in [-0.2, 0) is 17.1 Å². The van der Waals surface area contributed by atoms with Gasteiger partial charge in [-0.25, -0.2) is 17.8 Å². The van der Waals surface area contributed by atoms with Crippen LogP contribution in [0.25, 0.3) is 0 Å². The first-order valence-electron chi connectivity index (χ1n) is 6.07. The molecule has 1 aliphatic rings. The van der Waals surface area contributed by atoms with Gasteiger partial charge in [0.2, 0.25) is 5.03 Å². The summed E-state index contributed by atoms with van der Waals surface area (Å²) >= 11 is 3.12. The molecule has 0 aromatic carbocycles. The lowest BCUT2D eigenvalue weighted by Crippen LogP contribution is -2.49. The van der Waals surface area contributed by atoms with E-state index in [1.807, 2.05) is 7.05 Å². The van der Waals surface area contributed by atoms with Gasteiger partial charge in [0, 0.05) is 19.6 Å². The van der Waals surface area contributed by atoms with Crippen LogP contribution in [0, 0.1) is 5.92 Å². The minimum Gasteiger partial charge on any atom is -0.306 e. The summed E-state index contributed by atoms with van der Waals surface area (Å²) in [4.78, 5) is 2.21. The number of aromatic nitrogens is 3. The SMILES string of the molecule is CC1CN(C)CCC1NS(=O)(=O)c1c(Br)nnn1C. The molecular weight excluding hydrogens is 334 g/mol. The van der Waals surface area contributed by atoms with Crippen LogP contribution in [0.4, 0.5) is 0 Å². The molecule has 2 unspecified atom stereocenters. The zero-order valence-electron chi connectivity index (χ0n) is 11.2. The van der Waals surface area contributed by atoms with Crippen LogP contribution in [0.15, 0.2) is 9.63 Å². The highest BCUT2D eigenvalue weighted by Crippen LogP contribution is 2.21. The van der Waals surface area contributed by atoms with Crippen LogP contribution in [-0.4, -0.2) is 54.5 Å². The van der Waals surface area contributed by atoms with E-state index in [1.165, 1.54) is 4.68 Å². The second-order valence-corrected chi connectivity index (χ2v) is 7.45. The monoisotopic (exact) mass is 351 g/mol. The summed E-state index contributed by atoms with van der Waals surface area (Å²) in [5, 5.41) is 7.48. The maximum atomic E-state index is 12.4. The molecule has 1 saturated heterocycles. The van der Waals surface area contributed by atoms with Gasteiger partial charge in [0.05, 0.1) is 0 Å². The lowest BCUT2D eigenvalue weighted by Gasteiger charge is -2.34. The summed E-state index contributed by atoms with van der Waals surface area (Å²) in [6.07, 6.45) is 0.805. The molecule has 2 heterocycles. The Morgan fingerprint density at radius 1 is 1.42 bits per heavy atom. The highest BCUT2D eigenvalue weighted by atomic mass is 79.9. The van der Waals surface area contributed by atoms with Crippen molar-refractivity contribution in [3.8, 4) is 0 Å². The molecule has 2 atom stereocenters. The second kappa shape index (κ2) is 5.47. The van der Waals surface area contributed by atoms with Crippen LogP contribution >= 0.6 is 15.9 Å². The number of piperidine rings is 1. The first-order valence-corrected chi connectivity index (χ1v) is 8.35. The van der Waals surface area contributed by atoms with Crippen molar-refractivity contribution in [3.05, 3.63) is 4.60 Å². The van der Waals surface area contributed by atoms with Gasteiger partial charge in [-0.15, -0.1) is 5.10 Å². The molecule has 0 bridgehead atoms. The van der Waals surface area contributed by atoms with Gasteiger partial charge in [-0.1, -0.05) is 12.1 Å². The topological polar surface area (TPSA) is 80.1 Å². The van der Waals surface area contributed by atoms with E-state index in [4.69, 9.17) is 0 Å². The molecule has 9 heteroatoms. The molecule has 1 aliphatic heterocycles. The van der Waals surface area contributed by atoms with Crippen LogP contribution < -0.4 is 4.72 Å². The Morgan fingerprint density at radius 3 is 2.63 bits per heavy atom. The Hall–Kier alpha value is -0.510. The van der Waals surface area contributed by atoms with Crippen LogP contribution in [0.1, 0.15) is 13.3 Å². The molecule has 0 amide bonds. The first-order chi connectivity index (χ1) is 8.81. The van der Waals surface area contributed by atoms with Gasteiger partial charge >= 0.3 is 0 Å². The van der Waals surface area contributed by atoms with Gasteiger partial charge in [0.1, 0.15) is 0 Å². The number of halogens is 1. The Bertz CT molecular complexity index is 539. The third kappa shape index (κ3) is 3.15. The molecule has 19 heavy (non-hydrogen) atoms. The van der Waals surface area contributed by atoms with Gasteiger partial charge < -0.3 is 4.90 Å². The number of sulfonamides is 1. The molecule has 2 rings (SSSR count). The molecule has 1 fully saturated rings. The third-order valence-electron chi connectivity index (χ3n) is 3.41. The minimum atomic E-state index is -3.61. The lowest BCUT2D eigenvalue weighted by molar-refractivity contribution is 0.188. The van der Waals surface area contributed by atoms with Crippen molar-refractivity contribution < 1.29 is 8.42 Å². The number of nitrogens with zero attached hydrogens (tertiary/aromatic N) is 4. The van der Waals surface area contributed by atoms with E-state index in [0.717, 1.165) is 19.5 Å². The first kappa shape index (κ1) is 14.9. The Morgan fingerprint density at radius 2 is 2.11 bits per heavy atom. The number of aryl methyl sites for hydroxylation is 1. The zero-order chi connectivity index (χ0) is 14.2. The number of rotatable bonds is 3. The average molecular weight is 352 g/mol. The van der Waals surface area contributed by atoms with Crippen molar-refractivity contribution in [2.75, 3.05) is 20.1 Å². The molecule has 0 spiro atoms. The molecule has 1 aromatic rings. The molecule has 0 aliphatic carbocycles. The third-order valence-corrected chi connectivity index (χ3v) is 5.78. The van der Waals surface area contributed by atoms with Crippen LogP contribution in [0.5, 0.6) is 0 Å². The predicted octanol–water partition coefficient (Wildman–Crippen LogP) is 0.196.